The molecule has 1 aromatic carbocycles. The predicted molar refractivity (Wildman–Crippen MR) is 79.5 cm³/mol. The Morgan fingerprint density at radius 3 is 2.89 bits per heavy atom. The van der Waals surface area contributed by atoms with Crippen LogP contribution in [0.15, 0.2) is 18.2 Å². The highest BCUT2D eigenvalue weighted by molar-refractivity contribution is 6.30. The van der Waals surface area contributed by atoms with Crippen LogP contribution in [0, 0.1) is 6.92 Å². The van der Waals surface area contributed by atoms with Gasteiger partial charge < -0.3 is 10.5 Å². The Labute approximate surface area is 120 Å². The monoisotopic (exact) mass is 282 g/mol. The first-order valence-corrected chi connectivity index (χ1v) is 7.23. The lowest BCUT2D eigenvalue weighted by atomic mass is 9.97. The molecule has 0 saturated carbocycles. The molecule has 1 saturated heterocycles. The summed E-state index contributed by atoms with van der Waals surface area (Å²) < 4.78 is 5.46. The second kappa shape index (κ2) is 6.71. The van der Waals surface area contributed by atoms with Crippen LogP contribution in [0.4, 0.5) is 0 Å². The number of nitrogens with zero attached hydrogens (tertiary/aromatic N) is 1. The first-order valence-electron chi connectivity index (χ1n) is 6.86. The lowest BCUT2D eigenvalue weighted by molar-refractivity contribution is 0.0102. The Hall–Kier alpha value is -0.610. The van der Waals surface area contributed by atoms with Gasteiger partial charge in [-0.25, -0.2) is 0 Å². The molecular formula is C15H23ClN2O. The van der Waals surface area contributed by atoms with Gasteiger partial charge in [0.25, 0.3) is 0 Å². The molecule has 2 atom stereocenters. The van der Waals surface area contributed by atoms with E-state index in [0.717, 1.165) is 31.0 Å². The molecular weight excluding hydrogens is 260 g/mol. The van der Waals surface area contributed by atoms with Crippen molar-refractivity contribution >= 4 is 11.6 Å². The van der Waals surface area contributed by atoms with Crippen molar-refractivity contribution in [3.8, 4) is 0 Å². The standard InChI is InChI=1S/C15H23ClN2O/c1-11-7-13(16)4-3-12(11)10-18-6-5-15(19-2)8-14(18)9-17/h3-4,7,14-15H,5-6,8-10,17H2,1-2H3. The molecule has 1 fully saturated rings. The minimum atomic E-state index is 0.358. The van der Waals surface area contributed by atoms with Crippen LogP contribution < -0.4 is 5.73 Å². The van der Waals surface area contributed by atoms with Gasteiger partial charge in [0.15, 0.2) is 0 Å². The van der Waals surface area contributed by atoms with Gasteiger partial charge in [-0.1, -0.05) is 17.7 Å². The minimum Gasteiger partial charge on any atom is -0.381 e. The van der Waals surface area contributed by atoms with E-state index in [4.69, 9.17) is 22.1 Å². The topological polar surface area (TPSA) is 38.5 Å². The highest BCUT2D eigenvalue weighted by Crippen LogP contribution is 2.23. The second-order valence-corrected chi connectivity index (χ2v) is 5.75. The van der Waals surface area contributed by atoms with Gasteiger partial charge >= 0.3 is 0 Å². The molecule has 0 radical (unpaired) electrons. The van der Waals surface area contributed by atoms with Gasteiger partial charge in [0.2, 0.25) is 0 Å². The molecule has 1 heterocycles. The van der Waals surface area contributed by atoms with E-state index in [1.807, 2.05) is 12.1 Å². The summed E-state index contributed by atoms with van der Waals surface area (Å²) in [6, 6.07) is 6.52. The maximum atomic E-state index is 6.00. The quantitative estimate of drug-likeness (QED) is 0.922. The van der Waals surface area contributed by atoms with Crippen LogP contribution in [0.1, 0.15) is 24.0 Å². The number of hydrogen-bond donors (Lipinski definition) is 1. The van der Waals surface area contributed by atoms with Crippen molar-refractivity contribution in [3.05, 3.63) is 34.3 Å². The summed E-state index contributed by atoms with van der Waals surface area (Å²) in [4.78, 5) is 2.46. The van der Waals surface area contributed by atoms with Gasteiger partial charge in [-0.2, -0.15) is 0 Å². The highest BCUT2D eigenvalue weighted by Gasteiger charge is 2.27. The number of rotatable bonds is 4. The third kappa shape index (κ3) is 3.69. The van der Waals surface area contributed by atoms with Crippen molar-refractivity contribution in [2.45, 2.75) is 38.5 Å². The number of piperidine rings is 1. The van der Waals surface area contributed by atoms with E-state index in [2.05, 4.69) is 17.9 Å². The van der Waals surface area contributed by atoms with E-state index in [-0.39, 0.29) is 0 Å². The molecule has 2 unspecified atom stereocenters. The van der Waals surface area contributed by atoms with E-state index < -0.39 is 0 Å². The summed E-state index contributed by atoms with van der Waals surface area (Å²) >= 11 is 6.00. The van der Waals surface area contributed by atoms with Crippen molar-refractivity contribution < 1.29 is 4.74 Å². The van der Waals surface area contributed by atoms with E-state index in [1.54, 1.807) is 7.11 Å². The van der Waals surface area contributed by atoms with Gasteiger partial charge in [0.1, 0.15) is 0 Å². The van der Waals surface area contributed by atoms with Gasteiger partial charge in [-0.15, -0.1) is 0 Å². The number of benzene rings is 1. The van der Waals surface area contributed by atoms with Crippen LogP contribution in [-0.4, -0.2) is 37.2 Å². The lowest BCUT2D eigenvalue weighted by Gasteiger charge is -2.38. The maximum Gasteiger partial charge on any atom is 0.0599 e. The summed E-state index contributed by atoms with van der Waals surface area (Å²) in [5.41, 5.74) is 8.49. The summed E-state index contributed by atoms with van der Waals surface area (Å²) in [7, 11) is 1.79. The van der Waals surface area contributed by atoms with E-state index >= 15 is 0 Å². The van der Waals surface area contributed by atoms with Gasteiger partial charge in [-0.05, 0) is 43.0 Å². The first kappa shape index (κ1) is 14.8. The zero-order valence-corrected chi connectivity index (χ0v) is 12.5. The number of hydrogen-bond acceptors (Lipinski definition) is 3. The number of halogens is 1. The molecule has 2 rings (SSSR count). The summed E-state index contributed by atoms with van der Waals surface area (Å²) in [5.74, 6) is 0. The van der Waals surface area contributed by atoms with Crippen LogP contribution in [-0.2, 0) is 11.3 Å². The van der Waals surface area contributed by atoms with Crippen molar-refractivity contribution in [2.24, 2.45) is 5.73 Å². The van der Waals surface area contributed by atoms with Crippen molar-refractivity contribution in [1.29, 1.82) is 0 Å². The summed E-state index contributed by atoms with van der Waals surface area (Å²) in [6.07, 6.45) is 2.47. The first-order chi connectivity index (χ1) is 9.13. The minimum absolute atomic E-state index is 0.358. The zero-order valence-electron chi connectivity index (χ0n) is 11.7. The third-order valence-electron chi connectivity index (χ3n) is 4.07. The second-order valence-electron chi connectivity index (χ2n) is 5.31. The zero-order chi connectivity index (χ0) is 13.8. The van der Waals surface area contributed by atoms with Crippen LogP contribution in [0.5, 0.6) is 0 Å². The van der Waals surface area contributed by atoms with Crippen molar-refractivity contribution in [1.82, 2.24) is 4.90 Å². The Kier molecular flexibility index (Phi) is 5.22. The van der Waals surface area contributed by atoms with Gasteiger partial charge in [0, 0.05) is 37.8 Å². The van der Waals surface area contributed by atoms with Gasteiger partial charge in [-0.3, -0.25) is 4.90 Å². The summed E-state index contributed by atoms with van der Waals surface area (Å²) in [6.45, 7) is 4.79. The molecule has 0 spiro atoms. The van der Waals surface area contributed by atoms with E-state index in [1.165, 1.54) is 11.1 Å². The number of likely N-dealkylation sites (tertiary alicyclic amines) is 1. The molecule has 1 aliphatic rings. The Morgan fingerprint density at radius 1 is 1.47 bits per heavy atom. The Bertz CT molecular complexity index is 425. The molecule has 0 aromatic heterocycles. The largest absolute Gasteiger partial charge is 0.381 e. The fourth-order valence-corrected chi connectivity index (χ4v) is 3.01. The van der Waals surface area contributed by atoms with Crippen LogP contribution in [0.25, 0.3) is 0 Å². The average molecular weight is 283 g/mol. The molecule has 0 aliphatic carbocycles. The summed E-state index contributed by atoms with van der Waals surface area (Å²) in [5, 5.41) is 0.801. The molecule has 1 aliphatic heterocycles. The fraction of sp³-hybridized carbons (Fsp3) is 0.600. The molecule has 3 nitrogen and oxygen atoms in total. The maximum absolute atomic E-state index is 6.00. The number of nitrogens with two attached hydrogens (primary N) is 1. The van der Waals surface area contributed by atoms with E-state index in [9.17, 15) is 0 Å². The van der Waals surface area contributed by atoms with Crippen LogP contribution in [0.2, 0.25) is 5.02 Å². The number of aryl methyl sites for hydroxylation is 1. The average Bonchev–Trinajstić information content (AvgIpc) is 2.42. The SMILES string of the molecule is COC1CCN(Cc2ccc(Cl)cc2C)C(CN)C1. The molecule has 0 amide bonds. The fourth-order valence-electron chi connectivity index (χ4n) is 2.79. The molecule has 19 heavy (non-hydrogen) atoms. The Balaban J connectivity index is 2.05. The smallest absolute Gasteiger partial charge is 0.0599 e. The van der Waals surface area contributed by atoms with Crippen LogP contribution in [0.3, 0.4) is 0 Å². The van der Waals surface area contributed by atoms with E-state index in [0.29, 0.717) is 18.7 Å². The Morgan fingerprint density at radius 2 is 2.26 bits per heavy atom. The molecule has 1 aromatic rings. The number of methoxy groups -OCH3 is 1. The normalized spacial score (nSPS) is 24.6. The van der Waals surface area contributed by atoms with Gasteiger partial charge in [0.05, 0.1) is 6.10 Å². The lowest BCUT2D eigenvalue weighted by Crippen LogP contribution is -2.48. The molecule has 0 bridgehead atoms. The molecule has 106 valence electrons. The van der Waals surface area contributed by atoms with Crippen molar-refractivity contribution in [2.75, 3.05) is 20.2 Å². The highest BCUT2D eigenvalue weighted by atomic mass is 35.5. The molecule has 4 heteroatoms. The van der Waals surface area contributed by atoms with Crippen LogP contribution >= 0.6 is 11.6 Å². The number of ether oxygens (including phenoxy) is 1. The van der Waals surface area contributed by atoms with Crippen molar-refractivity contribution in [3.63, 3.8) is 0 Å². The third-order valence-corrected chi connectivity index (χ3v) is 4.31. The predicted octanol–water partition coefficient (Wildman–Crippen LogP) is 2.59. The molecule has 2 N–H and O–H groups in total.